The predicted molar refractivity (Wildman–Crippen MR) is 130 cm³/mol. The molecule has 3 aliphatic carbocycles. The topological polar surface area (TPSA) is 0 Å². The predicted octanol–water partition coefficient (Wildman–Crippen LogP) is 8.95. The SMILES string of the molecule is CC1=C2CCC3C(=C(C)c4c(C(C)C)cccc43)CCC2c2cccc(C(C)C)c21. The first kappa shape index (κ1) is 19.9. The van der Waals surface area contributed by atoms with Gasteiger partial charge in [-0.3, -0.25) is 0 Å². The standard InChI is InChI=1S/C30H36/c1-17(2)21-9-7-11-27-25-15-14-24-20(6)30-22(18(3)4)10-8-12-28(30)26(24)16-13-23(25)19(5)29(21)27/h7-12,17-18,25-26H,13-16H2,1-6H3. The monoisotopic (exact) mass is 396 g/mol. The molecule has 0 nitrogen and oxygen atoms in total. The lowest BCUT2D eigenvalue weighted by molar-refractivity contribution is 0.578. The van der Waals surface area contributed by atoms with E-state index in [-0.39, 0.29) is 0 Å². The fourth-order valence-electron chi connectivity index (χ4n) is 6.79. The number of rotatable bonds is 2. The van der Waals surface area contributed by atoms with Crippen molar-refractivity contribution in [2.45, 2.75) is 90.9 Å². The number of benzene rings is 2. The Morgan fingerprint density at radius 3 is 1.40 bits per heavy atom. The van der Waals surface area contributed by atoms with Crippen LogP contribution in [0.5, 0.6) is 0 Å². The van der Waals surface area contributed by atoms with Crippen LogP contribution in [0.3, 0.4) is 0 Å². The van der Waals surface area contributed by atoms with Crippen LogP contribution in [0.25, 0.3) is 11.1 Å². The van der Waals surface area contributed by atoms with Gasteiger partial charge in [0.05, 0.1) is 0 Å². The summed E-state index contributed by atoms with van der Waals surface area (Å²) in [5.74, 6) is 2.44. The summed E-state index contributed by atoms with van der Waals surface area (Å²) in [6.07, 6.45) is 5.04. The summed E-state index contributed by atoms with van der Waals surface area (Å²) in [6, 6.07) is 14.2. The molecule has 2 unspecified atom stereocenters. The molecule has 156 valence electrons. The Bertz CT molecular complexity index is 986. The lowest BCUT2D eigenvalue weighted by Gasteiger charge is -2.26. The number of hydrogen-bond donors (Lipinski definition) is 0. The first-order valence-electron chi connectivity index (χ1n) is 12.1. The van der Waals surface area contributed by atoms with Crippen molar-refractivity contribution in [3.05, 3.63) is 80.9 Å². The number of hydrogen-bond acceptors (Lipinski definition) is 0. The van der Waals surface area contributed by atoms with Crippen molar-refractivity contribution in [2.24, 2.45) is 0 Å². The zero-order valence-electron chi connectivity index (χ0n) is 19.6. The van der Waals surface area contributed by atoms with E-state index in [0.29, 0.717) is 23.7 Å². The maximum absolute atomic E-state index is 2.42. The fourth-order valence-corrected chi connectivity index (χ4v) is 6.79. The second kappa shape index (κ2) is 7.26. The third kappa shape index (κ3) is 2.79. The van der Waals surface area contributed by atoms with Crippen molar-refractivity contribution in [3.63, 3.8) is 0 Å². The fraction of sp³-hybridized carbons (Fsp3) is 0.467. The molecule has 0 heteroatoms. The Kier molecular flexibility index (Phi) is 4.80. The van der Waals surface area contributed by atoms with Crippen molar-refractivity contribution in [1.29, 1.82) is 0 Å². The Morgan fingerprint density at radius 2 is 1.03 bits per heavy atom. The van der Waals surface area contributed by atoms with Crippen LogP contribution in [0.1, 0.15) is 124 Å². The highest BCUT2D eigenvalue weighted by Crippen LogP contribution is 2.55. The lowest BCUT2D eigenvalue weighted by Crippen LogP contribution is -2.09. The molecule has 0 aromatic heterocycles. The molecule has 0 spiro atoms. The molecule has 1 fully saturated rings. The Balaban J connectivity index is 1.58. The zero-order chi connectivity index (χ0) is 21.2. The van der Waals surface area contributed by atoms with Crippen LogP contribution in [-0.2, 0) is 0 Å². The minimum atomic E-state index is 0.589. The third-order valence-electron chi connectivity index (χ3n) is 8.21. The third-order valence-corrected chi connectivity index (χ3v) is 8.21. The van der Waals surface area contributed by atoms with Crippen molar-refractivity contribution >= 4 is 11.1 Å². The van der Waals surface area contributed by atoms with Gasteiger partial charge in [-0.2, -0.15) is 0 Å². The smallest absolute Gasteiger partial charge is 0.00632 e. The lowest BCUT2D eigenvalue weighted by atomic mass is 9.78. The molecule has 0 heterocycles. The summed E-state index contributed by atoms with van der Waals surface area (Å²) < 4.78 is 0. The van der Waals surface area contributed by atoms with E-state index < -0.39 is 0 Å². The van der Waals surface area contributed by atoms with Gasteiger partial charge in [-0.15, -0.1) is 0 Å². The summed E-state index contributed by atoms with van der Waals surface area (Å²) in [7, 11) is 0. The van der Waals surface area contributed by atoms with E-state index in [1.54, 1.807) is 55.7 Å². The Labute approximate surface area is 183 Å². The van der Waals surface area contributed by atoms with Gasteiger partial charge < -0.3 is 0 Å². The van der Waals surface area contributed by atoms with Gasteiger partial charge in [-0.25, -0.2) is 0 Å². The largest absolute Gasteiger partial charge is 0.0616 e. The van der Waals surface area contributed by atoms with E-state index in [0.717, 1.165) is 0 Å². The average Bonchev–Trinajstić information content (AvgIpc) is 3.12. The normalized spacial score (nSPS) is 22.8. The highest BCUT2D eigenvalue weighted by molar-refractivity contribution is 5.82. The summed E-state index contributed by atoms with van der Waals surface area (Å²) in [5, 5.41) is 0. The van der Waals surface area contributed by atoms with Crippen LogP contribution in [0.15, 0.2) is 47.5 Å². The Hall–Kier alpha value is -2.08. The van der Waals surface area contributed by atoms with Crippen molar-refractivity contribution in [3.8, 4) is 0 Å². The van der Waals surface area contributed by atoms with Gasteiger partial charge in [-0.05, 0) is 95.9 Å². The first-order chi connectivity index (χ1) is 14.4. The molecule has 2 aromatic rings. The molecule has 1 saturated carbocycles. The van der Waals surface area contributed by atoms with E-state index in [4.69, 9.17) is 0 Å². The van der Waals surface area contributed by atoms with Gasteiger partial charge in [0.15, 0.2) is 0 Å². The molecule has 0 radical (unpaired) electrons. The van der Waals surface area contributed by atoms with Gasteiger partial charge in [0.25, 0.3) is 0 Å². The molecule has 3 aliphatic rings. The van der Waals surface area contributed by atoms with Crippen LogP contribution in [0, 0.1) is 0 Å². The summed E-state index contributed by atoms with van der Waals surface area (Å²) in [6.45, 7) is 14.2. The molecular formula is C30H36. The summed E-state index contributed by atoms with van der Waals surface area (Å²) in [4.78, 5) is 0. The molecule has 0 amide bonds. The zero-order valence-corrected chi connectivity index (χ0v) is 19.6. The number of allylic oxidation sites excluding steroid dienone is 4. The van der Waals surface area contributed by atoms with Gasteiger partial charge in [0.1, 0.15) is 0 Å². The molecule has 5 rings (SSSR count). The molecule has 0 aliphatic heterocycles. The van der Waals surface area contributed by atoms with Gasteiger partial charge >= 0.3 is 0 Å². The first-order valence-corrected chi connectivity index (χ1v) is 12.1. The number of fused-ring (bicyclic) bond motifs is 6. The minimum absolute atomic E-state index is 0.589. The summed E-state index contributed by atoms with van der Waals surface area (Å²) >= 11 is 0. The van der Waals surface area contributed by atoms with Crippen LogP contribution in [0.2, 0.25) is 0 Å². The summed E-state index contributed by atoms with van der Waals surface area (Å²) in [5.41, 5.74) is 16.2. The second-order valence-electron chi connectivity index (χ2n) is 10.4. The van der Waals surface area contributed by atoms with Gasteiger partial charge in [0, 0.05) is 11.8 Å². The quantitative estimate of drug-likeness (QED) is 0.475. The maximum atomic E-state index is 2.42. The van der Waals surface area contributed by atoms with E-state index >= 15 is 0 Å². The Morgan fingerprint density at radius 1 is 0.633 bits per heavy atom. The van der Waals surface area contributed by atoms with E-state index in [1.807, 2.05) is 0 Å². The van der Waals surface area contributed by atoms with Crippen LogP contribution in [-0.4, -0.2) is 0 Å². The average molecular weight is 397 g/mol. The van der Waals surface area contributed by atoms with E-state index in [2.05, 4.69) is 77.9 Å². The van der Waals surface area contributed by atoms with Gasteiger partial charge in [0.2, 0.25) is 0 Å². The van der Waals surface area contributed by atoms with Gasteiger partial charge in [-0.1, -0.05) is 75.2 Å². The highest BCUT2D eigenvalue weighted by atomic mass is 14.4. The van der Waals surface area contributed by atoms with Crippen molar-refractivity contribution in [2.75, 3.05) is 0 Å². The van der Waals surface area contributed by atoms with Crippen LogP contribution >= 0.6 is 0 Å². The molecule has 0 N–H and O–H groups in total. The minimum Gasteiger partial charge on any atom is -0.0616 e. The molecule has 2 atom stereocenters. The highest BCUT2D eigenvalue weighted by Gasteiger charge is 2.37. The van der Waals surface area contributed by atoms with Crippen LogP contribution < -0.4 is 0 Å². The second-order valence-corrected chi connectivity index (χ2v) is 10.4. The molecule has 0 bridgehead atoms. The molecular weight excluding hydrogens is 360 g/mol. The maximum Gasteiger partial charge on any atom is 0.00632 e. The van der Waals surface area contributed by atoms with E-state index in [9.17, 15) is 0 Å². The molecule has 30 heavy (non-hydrogen) atoms. The molecule has 0 saturated heterocycles. The van der Waals surface area contributed by atoms with Crippen molar-refractivity contribution < 1.29 is 0 Å². The van der Waals surface area contributed by atoms with E-state index in [1.165, 1.54) is 25.7 Å². The molecule has 2 aromatic carbocycles. The van der Waals surface area contributed by atoms with Crippen molar-refractivity contribution in [1.82, 2.24) is 0 Å². The van der Waals surface area contributed by atoms with Crippen LogP contribution in [0.4, 0.5) is 0 Å².